The van der Waals surface area contributed by atoms with E-state index in [0.29, 0.717) is 22.9 Å². The molecule has 17 heavy (non-hydrogen) atoms. The summed E-state index contributed by atoms with van der Waals surface area (Å²) < 4.78 is 10.7. The number of halogens is 1. The molecule has 3 nitrogen and oxygen atoms in total. The van der Waals surface area contributed by atoms with Gasteiger partial charge >= 0.3 is 0 Å². The molecule has 1 saturated heterocycles. The number of hydrogen-bond donors (Lipinski definition) is 1. The summed E-state index contributed by atoms with van der Waals surface area (Å²) in [5.74, 6) is 0.705. The summed E-state index contributed by atoms with van der Waals surface area (Å²) in [5.41, 5.74) is 1.05. The molecule has 0 radical (unpaired) electrons. The number of methoxy groups -OCH3 is 1. The molecular formula is C13H18ClNO2. The molecule has 1 aliphatic heterocycles. The first-order valence-electron chi connectivity index (χ1n) is 5.90. The Bertz CT molecular complexity index is 384. The molecule has 1 aromatic rings. The molecule has 4 heteroatoms. The highest BCUT2D eigenvalue weighted by Gasteiger charge is 2.19. The molecule has 0 bridgehead atoms. The smallest absolute Gasteiger partial charge is 0.139 e. The van der Waals surface area contributed by atoms with E-state index in [9.17, 15) is 0 Å². The van der Waals surface area contributed by atoms with Crippen LogP contribution in [-0.4, -0.2) is 25.9 Å². The zero-order valence-electron chi connectivity index (χ0n) is 10.2. The van der Waals surface area contributed by atoms with Crippen LogP contribution in [0.3, 0.4) is 0 Å². The van der Waals surface area contributed by atoms with E-state index >= 15 is 0 Å². The number of rotatable bonds is 3. The fourth-order valence-corrected chi connectivity index (χ4v) is 2.31. The van der Waals surface area contributed by atoms with Crippen LogP contribution in [0.25, 0.3) is 0 Å². The first-order chi connectivity index (χ1) is 8.19. The predicted molar refractivity (Wildman–Crippen MR) is 70.1 cm³/mol. The van der Waals surface area contributed by atoms with Crippen molar-refractivity contribution in [1.29, 1.82) is 0 Å². The van der Waals surface area contributed by atoms with Gasteiger partial charge in [0.15, 0.2) is 0 Å². The monoisotopic (exact) mass is 255 g/mol. The predicted octanol–water partition coefficient (Wildman–Crippen LogP) is 3.33. The van der Waals surface area contributed by atoms with Gasteiger partial charge in [-0.25, -0.2) is 0 Å². The van der Waals surface area contributed by atoms with Crippen LogP contribution in [0.2, 0.25) is 5.02 Å². The Hall–Kier alpha value is -0.930. The Labute approximate surface area is 107 Å². The minimum Gasteiger partial charge on any atom is -0.495 e. The van der Waals surface area contributed by atoms with E-state index in [1.807, 2.05) is 18.2 Å². The van der Waals surface area contributed by atoms with Gasteiger partial charge in [-0.3, -0.25) is 0 Å². The van der Waals surface area contributed by atoms with Crippen molar-refractivity contribution in [2.75, 3.05) is 19.0 Å². The molecule has 2 rings (SSSR count). The van der Waals surface area contributed by atoms with Gasteiger partial charge in [0.25, 0.3) is 0 Å². The summed E-state index contributed by atoms with van der Waals surface area (Å²) in [7, 11) is 1.63. The minimum absolute atomic E-state index is 0.329. The number of ether oxygens (including phenoxy) is 2. The molecule has 1 aliphatic rings. The molecule has 2 atom stereocenters. The Balaban J connectivity index is 2.02. The summed E-state index contributed by atoms with van der Waals surface area (Å²) in [6.07, 6.45) is 2.40. The maximum atomic E-state index is 5.99. The van der Waals surface area contributed by atoms with E-state index in [1.165, 1.54) is 0 Å². The van der Waals surface area contributed by atoms with E-state index in [0.717, 1.165) is 25.1 Å². The molecule has 0 amide bonds. The van der Waals surface area contributed by atoms with Gasteiger partial charge in [0.05, 0.1) is 18.2 Å². The van der Waals surface area contributed by atoms with E-state index in [-0.39, 0.29) is 0 Å². The van der Waals surface area contributed by atoms with Crippen LogP contribution in [0.4, 0.5) is 5.69 Å². The van der Waals surface area contributed by atoms with Crippen molar-refractivity contribution in [2.45, 2.75) is 31.9 Å². The Morgan fingerprint density at radius 1 is 1.47 bits per heavy atom. The first-order valence-corrected chi connectivity index (χ1v) is 6.28. The molecule has 94 valence electrons. The second-order valence-corrected chi connectivity index (χ2v) is 4.80. The van der Waals surface area contributed by atoms with Crippen LogP contribution < -0.4 is 10.1 Å². The van der Waals surface area contributed by atoms with Gasteiger partial charge in [0.1, 0.15) is 5.75 Å². The molecule has 2 unspecified atom stereocenters. The summed E-state index contributed by atoms with van der Waals surface area (Å²) >= 11 is 5.99. The highest BCUT2D eigenvalue weighted by atomic mass is 35.5. The molecular weight excluding hydrogens is 238 g/mol. The fraction of sp³-hybridized carbons (Fsp3) is 0.538. The molecule has 0 aliphatic carbocycles. The topological polar surface area (TPSA) is 30.5 Å². The third kappa shape index (κ3) is 3.27. The lowest BCUT2D eigenvalue weighted by Crippen LogP contribution is -2.32. The van der Waals surface area contributed by atoms with Crippen molar-refractivity contribution >= 4 is 17.3 Å². The van der Waals surface area contributed by atoms with Crippen LogP contribution >= 0.6 is 11.6 Å². The maximum absolute atomic E-state index is 5.99. The van der Waals surface area contributed by atoms with Crippen LogP contribution in [0.1, 0.15) is 19.8 Å². The number of anilines is 1. The van der Waals surface area contributed by atoms with Crippen LogP contribution in [0, 0.1) is 0 Å². The Morgan fingerprint density at radius 3 is 3.00 bits per heavy atom. The minimum atomic E-state index is 0.329. The second kappa shape index (κ2) is 5.61. The van der Waals surface area contributed by atoms with Gasteiger partial charge in [-0.1, -0.05) is 11.6 Å². The third-order valence-electron chi connectivity index (χ3n) is 3.01. The highest BCUT2D eigenvalue weighted by molar-refractivity contribution is 6.32. The van der Waals surface area contributed by atoms with Gasteiger partial charge in [-0.15, -0.1) is 0 Å². The second-order valence-electron chi connectivity index (χ2n) is 4.40. The van der Waals surface area contributed by atoms with Crippen molar-refractivity contribution in [3.05, 3.63) is 23.2 Å². The van der Waals surface area contributed by atoms with Gasteiger partial charge in [0, 0.05) is 24.4 Å². The van der Waals surface area contributed by atoms with Crippen LogP contribution in [0.15, 0.2) is 18.2 Å². The Morgan fingerprint density at radius 2 is 2.29 bits per heavy atom. The van der Waals surface area contributed by atoms with Gasteiger partial charge in [0.2, 0.25) is 0 Å². The van der Waals surface area contributed by atoms with E-state index < -0.39 is 0 Å². The molecule has 0 spiro atoms. The van der Waals surface area contributed by atoms with Crippen molar-refractivity contribution in [3.63, 3.8) is 0 Å². The average Bonchev–Trinajstić information content (AvgIpc) is 2.32. The zero-order valence-corrected chi connectivity index (χ0v) is 11.0. The summed E-state index contributed by atoms with van der Waals surface area (Å²) in [6.45, 7) is 2.93. The van der Waals surface area contributed by atoms with Crippen molar-refractivity contribution in [3.8, 4) is 5.75 Å². The SMILES string of the molecule is COc1cc(NC2CCOC(C)C2)ccc1Cl. The lowest BCUT2D eigenvalue weighted by Gasteiger charge is -2.28. The number of hydrogen-bond acceptors (Lipinski definition) is 3. The molecule has 1 heterocycles. The van der Waals surface area contributed by atoms with Crippen LogP contribution in [-0.2, 0) is 4.74 Å². The first kappa shape index (κ1) is 12.5. The quantitative estimate of drug-likeness (QED) is 0.899. The lowest BCUT2D eigenvalue weighted by atomic mass is 10.0. The van der Waals surface area contributed by atoms with Crippen molar-refractivity contribution in [2.24, 2.45) is 0 Å². The van der Waals surface area contributed by atoms with Crippen molar-refractivity contribution < 1.29 is 9.47 Å². The molecule has 0 aromatic heterocycles. The number of nitrogens with one attached hydrogen (secondary N) is 1. The largest absolute Gasteiger partial charge is 0.495 e. The molecule has 1 aromatic carbocycles. The van der Waals surface area contributed by atoms with Gasteiger partial charge in [-0.05, 0) is 31.9 Å². The third-order valence-corrected chi connectivity index (χ3v) is 3.32. The normalized spacial score (nSPS) is 24.4. The molecule has 0 saturated carbocycles. The van der Waals surface area contributed by atoms with Gasteiger partial charge < -0.3 is 14.8 Å². The van der Waals surface area contributed by atoms with Gasteiger partial charge in [-0.2, -0.15) is 0 Å². The average molecular weight is 256 g/mol. The summed E-state index contributed by atoms with van der Waals surface area (Å²) in [6, 6.07) is 6.23. The lowest BCUT2D eigenvalue weighted by molar-refractivity contribution is 0.0232. The molecule has 1 N–H and O–H groups in total. The van der Waals surface area contributed by atoms with E-state index in [2.05, 4.69) is 12.2 Å². The van der Waals surface area contributed by atoms with E-state index in [4.69, 9.17) is 21.1 Å². The number of benzene rings is 1. The fourth-order valence-electron chi connectivity index (χ4n) is 2.11. The Kier molecular flexibility index (Phi) is 4.13. The standard InChI is InChI=1S/C13H18ClNO2/c1-9-7-11(5-6-17-9)15-10-3-4-12(14)13(8-10)16-2/h3-4,8-9,11,15H,5-7H2,1-2H3. The zero-order chi connectivity index (χ0) is 12.3. The summed E-state index contributed by atoms with van der Waals surface area (Å²) in [5, 5.41) is 4.13. The summed E-state index contributed by atoms with van der Waals surface area (Å²) in [4.78, 5) is 0. The highest BCUT2D eigenvalue weighted by Crippen LogP contribution is 2.28. The molecule has 1 fully saturated rings. The van der Waals surface area contributed by atoms with E-state index in [1.54, 1.807) is 7.11 Å². The van der Waals surface area contributed by atoms with Crippen molar-refractivity contribution in [1.82, 2.24) is 0 Å². The maximum Gasteiger partial charge on any atom is 0.139 e. The van der Waals surface area contributed by atoms with Crippen LogP contribution in [0.5, 0.6) is 5.75 Å².